The first kappa shape index (κ1) is 14.6. The Morgan fingerprint density at radius 3 is 2.60 bits per heavy atom. The molecule has 2 rings (SSSR count). The van der Waals surface area contributed by atoms with Gasteiger partial charge >= 0.3 is 0 Å². The summed E-state index contributed by atoms with van der Waals surface area (Å²) in [6, 6.07) is 6.21. The van der Waals surface area contributed by atoms with E-state index in [0.717, 1.165) is 6.42 Å². The lowest BCUT2D eigenvalue weighted by atomic mass is 10.1. The van der Waals surface area contributed by atoms with Crippen LogP contribution in [0.25, 0.3) is 11.1 Å². The third-order valence-corrected chi connectivity index (χ3v) is 3.25. The Balaban J connectivity index is 2.46. The molecule has 6 heteroatoms. The fourth-order valence-corrected chi connectivity index (χ4v) is 2.10. The molecule has 0 radical (unpaired) electrons. The molecule has 0 aliphatic rings. The van der Waals surface area contributed by atoms with Crippen molar-refractivity contribution in [1.82, 2.24) is 9.97 Å². The summed E-state index contributed by atoms with van der Waals surface area (Å²) in [5.41, 5.74) is 6.15. The van der Waals surface area contributed by atoms with E-state index in [9.17, 15) is 9.90 Å². The van der Waals surface area contributed by atoms with Crippen molar-refractivity contribution in [1.29, 1.82) is 0 Å². The zero-order valence-corrected chi connectivity index (χ0v) is 11.8. The van der Waals surface area contributed by atoms with Crippen LogP contribution in [0.5, 0.6) is 5.88 Å². The minimum absolute atomic E-state index is 0.120. The van der Waals surface area contributed by atoms with E-state index in [-0.39, 0.29) is 11.4 Å². The molecule has 1 unspecified atom stereocenters. The second-order valence-corrected chi connectivity index (χ2v) is 4.99. The average molecular weight is 294 g/mol. The van der Waals surface area contributed by atoms with Crippen molar-refractivity contribution in [2.24, 2.45) is 5.73 Å². The lowest BCUT2D eigenvalue weighted by Gasteiger charge is -2.11. The van der Waals surface area contributed by atoms with Crippen LogP contribution in [0.2, 0.25) is 5.02 Å². The molecule has 5 nitrogen and oxygen atoms in total. The van der Waals surface area contributed by atoms with Crippen LogP contribution in [0.3, 0.4) is 0 Å². The normalized spacial score (nSPS) is 12.3. The number of nitrogens with one attached hydrogen (secondary N) is 1. The fourth-order valence-electron chi connectivity index (χ4n) is 1.98. The molecule has 1 atom stereocenters. The predicted octanol–water partition coefficient (Wildman–Crippen LogP) is 2.60. The number of aromatic hydroxyl groups is 1. The Morgan fingerprint density at radius 2 is 2.05 bits per heavy atom. The fraction of sp³-hybridized carbons (Fsp3) is 0.286. The maximum Gasteiger partial charge on any atom is 0.262 e. The summed E-state index contributed by atoms with van der Waals surface area (Å²) in [5.74, 6) is -0.0234. The van der Waals surface area contributed by atoms with Gasteiger partial charge in [0.25, 0.3) is 5.56 Å². The highest BCUT2D eigenvalue weighted by atomic mass is 35.5. The van der Waals surface area contributed by atoms with Gasteiger partial charge in [-0.3, -0.25) is 4.79 Å². The van der Waals surface area contributed by atoms with Gasteiger partial charge < -0.3 is 15.8 Å². The van der Waals surface area contributed by atoms with Crippen molar-refractivity contribution >= 4 is 11.6 Å². The largest absolute Gasteiger partial charge is 0.493 e. The number of aromatic amines is 1. The first-order valence-corrected chi connectivity index (χ1v) is 6.75. The molecule has 106 valence electrons. The number of hydrogen-bond acceptors (Lipinski definition) is 4. The SMILES string of the molecule is CCCC(N)c1nc(O)c(-c2ccc(Cl)cc2)c(=O)[nH]1. The molecule has 0 aliphatic heterocycles. The number of hydrogen-bond donors (Lipinski definition) is 3. The number of rotatable bonds is 4. The van der Waals surface area contributed by atoms with E-state index in [0.29, 0.717) is 22.8 Å². The second-order valence-electron chi connectivity index (χ2n) is 4.55. The highest BCUT2D eigenvalue weighted by Gasteiger charge is 2.16. The molecule has 0 spiro atoms. The van der Waals surface area contributed by atoms with Gasteiger partial charge in [-0.05, 0) is 24.1 Å². The van der Waals surface area contributed by atoms with Crippen molar-refractivity contribution in [3.63, 3.8) is 0 Å². The van der Waals surface area contributed by atoms with Gasteiger partial charge in [0.1, 0.15) is 11.4 Å². The second kappa shape index (κ2) is 6.07. The van der Waals surface area contributed by atoms with E-state index in [1.807, 2.05) is 6.92 Å². The lowest BCUT2D eigenvalue weighted by molar-refractivity contribution is 0.444. The molecule has 1 aromatic carbocycles. The van der Waals surface area contributed by atoms with Crippen LogP contribution in [0, 0.1) is 0 Å². The van der Waals surface area contributed by atoms with E-state index >= 15 is 0 Å². The minimum Gasteiger partial charge on any atom is -0.493 e. The van der Waals surface area contributed by atoms with E-state index in [2.05, 4.69) is 9.97 Å². The Hall–Kier alpha value is -1.85. The summed E-state index contributed by atoms with van der Waals surface area (Å²) < 4.78 is 0. The standard InChI is InChI=1S/C14H16ClN3O2/c1-2-3-10(16)12-17-13(19)11(14(20)18-12)8-4-6-9(15)7-5-8/h4-7,10H,2-3,16H2,1H3,(H2,17,18,19,20). The molecule has 0 fully saturated rings. The third kappa shape index (κ3) is 3.00. The zero-order valence-electron chi connectivity index (χ0n) is 11.1. The smallest absolute Gasteiger partial charge is 0.262 e. The number of H-pyrrole nitrogens is 1. The monoisotopic (exact) mass is 293 g/mol. The van der Waals surface area contributed by atoms with Gasteiger partial charge in [-0.2, -0.15) is 4.98 Å². The Bertz CT molecular complexity index is 652. The van der Waals surface area contributed by atoms with Gasteiger partial charge in [0.05, 0.1) is 6.04 Å². The molecule has 2 aromatic rings. The van der Waals surface area contributed by atoms with Crippen LogP contribution >= 0.6 is 11.6 Å². The van der Waals surface area contributed by atoms with Crippen molar-refractivity contribution in [2.75, 3.05) is 0 Å². The summed E-state index contributed by atoms with van der Waals surface area (Å²) in [6.07, 6.45) is 1.55. The molecule has 0 bridgehead atoms. The Kier molecular flexibility index (Phi) is 4.42. The van der Waals surface area contributed by atoms with Crippen LogP contribution in [0.4, 0.5) is 0 Å². The number of halogens is 1. The van der Waals surface area contributed by atoms with Crippen LogP contribution in [-0.2, 0) is 0 Å². The van der Waals surface area contributed by atoms with E-state index in [4.69, 9.17) is 17.3 Å². The Morgan fingerprint density at radius 1 is 1.40 bits per heavy atom. The molecule has 1 aromatic heterocycles. The van der Waals surface area contributed by atoms with Gasteiger partial charge in [-0.15, -0.1) is 0 Å². The highest BCUT2D eigenvalue weighted by molar-refractivity contribution is 6.30. The molecule has 0 saturated carbocycles. The average Bonchev–Trinajstić information content (AvgIpc) is 2.40. The minimum atomic E-state index is -0.415. The molecule has 20 heavy (non-hydrogen) atoms. The predicted molar refractivity (Wildman–Crippen MR) is 78.8 cm³/mol. The quantitative estimate of drug-likeness (QED) is 0.808. The van der Waals surface area contributed by atoms with Crippen molar-refractivity contribution in [3.8, 4) is 17.0 Å². The van der Waals surface area contributed by atoms with Crippen LogP contribution in [0.15, 0.2) is 29.1 Å². The molecular weight excluding hydrogens is 278 g/mol. The Labute approximate surface area is 121 Å². The van der Waals surface area contributed by atoms with Gasteiger partial charge in [0.2, 0.25) is 5.88 Å². The van der Waals surface area contributed by atoms with Crippen LogP contribution < -0.4 is 11.3 Å². The summed E-state index contributed by atoms with van der Waals surface area (Å²) in [6.45, 7) is 1.99. The first-order chi connectivity index (χ1) is 9.52. The lowest BCUT2D eigenvalue weighted by Crippen LogP contribution is -2.20. The van der Waals surface area contributed by atoms with Crippen molar-refractivity contribution in [2.45, 2.75) is 25.8 Å². The summed E-state index contributed by atoms with van der Waals surface area (Å²) >= 11 is 5.80. The number of nitrogens with zero attached hydrogens (tertiary/aromatic N) is 1. The first-order valence-electron chi connectivity index (χ1n) is 6.37. The molecule has 0 amide bonds. The summed E-state index contributed by atoms with van der Waals surface area (Å²) in [5, 5.41) is 10.5. The maximum absolute atomic E-state index is 12.1. The van der Waals surface area contributed by atoms with Gasteiger partial charge in [0, 0.05) is 5.02 Å². The molecular formula is C14H16ClN3O2. The van der Waals surface area contributed by atoms with E-state index in [1.54, 1.807) is 24.3 Å². The van der Waals surface area contributed by atoms with Crippen molar-refractivity contribution < 1.29 is 5.11 Å². The molecule has 0 saturated heterocycles. The number of nitrogens with two attached hydrogens (primary N) is 1. The number of aromatic nitrogens is 2. The zero-order chi connectivity index (χ0) is 14.7. The third-order valence-electron chi connectivity index (χ3n) is 3.00. The summed E-state index contributed by atoms with van der Waals surface area (Å²) in [7, 11) is 0. The van der Waals surface area contributed by atoms with Gasteiger partial charge in [-0.25, -0.2) is 0 Å². The molecule has 1 heterocycles. The molecule has 0 aliphatic carbocycles. The summed E-state index contributed by atoms with van der Waals surface area (Å²) in [4.78, 5) is 18.7. The van der Waals surface area contributed by atoms with Gasteiger partial charge in [0.15, 0.2) is 0 Å². The highest BCUT2D eigenvalue weighted by Crippen LogP contribution is 2.25. The van der Waals surface area contributed by atoms with Crippen LogP contribution in [-0.4, -0.2) is 15.1 Å². The number of benzene rings is 1. The topological polar surface area (TPSA) is 92.0 Å². The van der Waals surface area contributed by atoms with E-state index in [1.165, 1.54) is 0 Å². The maximum atomic E-state index is 12.1. The van der Waals surface area contributed by atoms with E-state index < -0.39 is 11.6 Å². The van der Waals surface area contributed by atoms with Gasteiger partial charge in [-0.1, -0.05) is 37.1 Å². The van der Waals surface area contributed by atoms with Crippen LogP contribution in [0.1, 0.15) is 31.6 Å². The van der Waals surface area contributed by atoms with Crippen molar-refractivity contribution in [3.05, 3.63) is 45.5 Å². The molecule has 4 N–H and O–H groups in total.